The van der Waals surface area contributed by atoms with Gasteiger partial charge in [-0.05, 0) is 19.3 Å². The van der Waals surface area contributed by atoms with Gasteiger partial charge in [-0.2, -0.15) is 0 Å². The van der Waals surface area contributed by atoms with Crippen molar-refractivity contribution in [2.75, 3.05) is 46.4 Å². The van der Waals surface area contributed by atoms with Gasteiger partial charge in [-0.15, -0.1) is 0 Å². The van der Waals surface area contributed by atoms with Gasteiger partial charge < -0.3 is 9.64 Å². The summed E-state index contributed by atoms with van der Waals surface area (Å²) in [7, 11) is 1.71. The van der Waals surface area contributed by atoms with E-state index in [1.165, 1.54) is 12.8 Å². The van der Waals surface area contributed by atoms with E-state index in [2.05, 4.69) is 20.2 Å². The van der Waals surface area contributed by atoms with Crippen LogP contribution in [0.1, 0.15) is 19.3 Å². The molecule has 0 amide bonds. The van der Waals surface area contributed by atoms with E-state index in [0.29, 0.717) is 0 Å². The maximum atomic E-state index is 5.56. The van der Waals surface area contributed by atoms with Gasteiger partial charge >= 0.3 is 0 Å². The van der Waals surface area contributed by atoms with E-state index in [-0.39, 0.29) is 0 Å². The lowest BCUT2D eigenvalue weighted by Crippen LogP contribution is -2.54. The molecule has 1 saturated heterocycles. The number of nitrogens with two attached hydrogens (primary N) is 1. The largest absolute Gasteiger partial charge is 0.385 e. The van der Waals surface area contributed by atoms with Gasteiger partial charge in [0.05, 0.1) is 0 Å². The minimum absolute atomic E-state index is 0.747. The molecule has 0 aromatic heterocycles. The zero-order chi connectivity index (χ0) is 12.8. The van der Waals surface area contributed by atoms with E-state index in [9.17, 15) is 0 Å². The Kier molecular flexibility index (Phi) is 5.22. The van der Waals surface area contributed by atoms with E-state index in [0.717, 1.165) is 57.8 Å². The maximum absolute atomic E-state index is 5.56. The van der Waals surface area contributed by atoms with Gasteiger partial charge in [0.25, 0.3) is 0 Å². The molecule has 6 heteroatoms. The molecule has 0 aromatic carbocycles. The molecular weight excluding hydrogens is 230 g/mol. The highest BCUT2D eigenvalue weighted by atomic mass is 16.5. The number of methoxy groups -OCH3 is 1. The number of aliphatic imine (C=N–C) groups is 1. The van der Waals surface area contributed by atoms with Gasteiger partial charge in [0.1, 0.15) is 0 Å². The van der Waals surface area contributed by atoms with Crippen molar-refractivity contribution < 1.29 is 4.74 Å². The second kappa shape index (κ2) is 6.92. The molecule has 3 N–H and O–H groups in total. The summed E-state index contributed by atoms with van der Waals surface area (Å²) in [5, 5.41) is 0. The standard InChI is InChI=1S/C12H25N5O/c1-18-10-2-5-14-12(15-13)17-8-6-16(7-9-17)11-3-4-11/h11H,2-10,13H2,1H3,(H,14,15). The Morgan fingerprint density at radius 3 is 2.61 bits per heavy atom. The molecule has 2 fully saturated rings. The van der Waals surface area contributed by atoms with Crippen molar-refractivity contribution in [2.45, 2.75) is 25.3 Å². The monoisotopic (exact) mass is 255 g/mol. The average molecular weight is 255 g/mol. The molecule has 18 heavy (non-hydrogen) atoms. The number of nitrogens with zero attached hydrogens (tertiary/aromatic N) is 3. The smallest absolute Gasteiger partial charge is 0.208 e. The second-order valence-electron chi connectivity index (χ2n) is 4.95. The van der Waals surface area contributed by atoms with Gasteiger partial charge in [-0.3, -0.25) is 15.3 Å². The van der Waals surface area contributed by atoms with E-state index in [4.69, 9.17) is 10.6 Å². The molecule has 2 rings (SSSR count). The fourth-order valence-electron chi connectivity index (χ4n) is 2.37. The van der Waals surface area contributed by atoms with Crippen LogP contribution >= 0.6 is 0 Å². The van der Waals surface area contributed by atoms with Gasteiger partial charge in [0.15, 0.2) is 0 Å². The highest BCUT2D eigenvalue weighted by Crippen LogP contribution is 2.27. The maximum Gasteiger partial charge on any atom is 0.208 e. The fourth-order valence-corrected chi connectivity index (χ4v) is 2.37. The highest BCUT2D eigenvalue weighted by Gasteiger charge is 2.31. The molecule has 1 heterocycles. The minimum atomic E-state index is 0.747. The second-order valence-corrected chi connectivity index (χ2v) is 4.95. The third kappa shape index (κ3) is 3.83. The molecule has 104 valence electrons. The molecule has 0 spiro atoms. The van der Waals surface area contributed by atoms with Gasteiger partial charge in [0, 0.05) is 52.5 Å². The zero-order valence-electron chi connectivity index (χ0n) is 11.3. The van der Waals surface area contributed by atoms with Crippen molar-refractivity contribution in [1.82, 2.24) is 15.2 Å². The molecule has 2 aliphatic rings. The predicted octanol–water partition coefficient (Wildman–Crippen LogP) is -0.378. The molecule has 0 bridgehead atoms. The molecule has 1 saturated carbocycles. The number of hydrogen-bond donors (Lipinski definition) is 2. The Bertz CT molecular complexity index is 272. The van der Waals surface area contributed by atoms with Crippen molar-refractivity contribution in [3.63, 3.8) is 0 Å². The van der Waals surface area contributed by atoms with Gasteiger partial charge in [0.2, 0.25) is 5.96 Å². The van der Waals surface area contributed by atoms with Crippen LogP contribution < -0.4 is 11.3 Å². The number of hydrazine groups is 1. The Morgan fingerprint density at radius 2 is 2.06 bits per heavy atom. The highest BCUT2D eigenvalue weighted by molar-refractivity contribution is 5.79. The number of hydrogen-bond acceptors (Lipinski definition) is 4. The summed E-state index contributed by atoms with van der Waals surface area (Å²) >= 11 is 0. The third-order valence-corrected chi connectivity index (χ3v) is 3.57. The molecule has 0 aromatic rings. The normalized spacial score (nSPS) is 22.3. The number of piperazine rings is 1. The van der Waals surface area contributed by atoms with Crippen LogP contribution in [0.4, 0.5) is 0 Å². The summed E-state index contributed by atoms with van der Waals surface area (Å²) in [6.45, 7) is 5.80. The van der Waals surface area contributed by atoms with Crippen molar-refractivity contribution in [3.05, 3.63) is 0 Å². The third-order valence-electron chi connectivity index (χ3n) is 3.57. The van der Waals surface area contributed by atoms with Crippen molar-refractivity contribution in [1.29, 1.82) is 0 Å². The van der Waals surface area contributed by atoms with Crippen molar-refractivity contribution in [2.24, 2.45) is 10.8 Å². The van der Waals surface area contributed by atoms with Crippen LogP contribution in [-0.2, 0) is 4.74 Å². The number of nitrogens with one attached hydrogen (secondary N) is 1. The summed E-state index contributed by atoms with van der Waals surface area (Å²) in [6.07, 6.45) is 3.70. The van der Waals surface area contributed by atoms with Crippen LogP contribution in [-0.4, -0.2) is 68.2 Å². The molecular formula is C12H25N5O. The number of guanidine groups is 1. The average Bonchev–Trinajstić information content (AvgIpc) is 3.24. The summed E-state index contributed by atoms with van der Waals surface area (Å²) in [4.78, 5) is 9.32. The zero-order valence-corrected chi connectivity index (χ0v) is 11.3. The van der Waals surface area contributed by atoms with E-state index in [1.807, 2.05) is 0 Å². The molecule has 0 radical (unpaired) electrons. The van der Waals surface area contributed by atoms with E-state index in [1.54, 1.807) is 7.11 Å². The topological polar surface area (TPSA) is 66.1 Å². The van der Waals surface area contributed by atoms with Crippen LogP contribution in [0.2, 0.25) is 0 Å². The lowest BCUT2D eigenvalue weighted by Gasteiger charge is -2.36. The first-order valence-electron chi connectivity index (χ1n) is 6.84. The lowest BCUT2D eigenvalue weighted by molar-refractivity contribution is 0.171. The van der Waals surface area contributed by atoms with Crippen LogP contribution in [0.3, 0.4) is 0 Å². The van der Waals surface area contributed by atoms with Crippen molar-refractivity contribution >= 4 is 5.96 Å². The summed E-state index contributed by atoms with van der Waals surface area (Å²) in [5.74, 6) is 6.38. The molecule has 6 nitrogen and oxygen atoms in total. The number of rotatable bonds is 5. The lowest BCUT2D eigenvalue weighted by atomic mass is 10.3. The van der Waals surface area contributed by atoms with Crippen LogP contribution in [0.25, 0.3) is 0 Å². The van der Waals surface area contributed by atoms with Crippen LogP contribution in [0, 0.1) is 0 Å². The Morgan fingerprint density at radius 1 is 1.33 bits per heavy atom. The predicted molar refractivity (Wildman–Crippen MR) is 72.3 cm³/mol. The van der Waals surface area contributed by atoms with E-state index < -0.39 is 0 Å². The molecule has 1 aliphatic heterocycles. The Balaban J connectivity index is 1.74. The van der Waals surface area contributed by atoms with E-state index >= 15 is 0 Å². The minimum Gasteiger partial charge on any atom is -0.385 e. The van der Waals surface area contributed by atoms with Crippen LogP contribution in [0.5, 0.6) is 0 Å². The first-order valence-corrected chi connectivity index (χ1v) is 6.84. The number of ether oxygens (including phenoxy) is 1. The first-order chi connectivity index (χ1) is 8.85. The molecule has 0 atom stereocenters. The summed E-state index contributed by atoms with van der Waals surface area (Å²) in [6, 6.07) is 0.861. The molecule has 0 unspecified atom stereocenters. The Hall–Kier alpha value is -0.850. The summed E-state index contributed by atoms with van der Waals surface area (Å²) < 4.78 is 5.01. The summed E-state index contributed by atoms with van der Waals surface area (Å²) in [5.41, 5.74) is 2.72. The van der Waals surface area contributed by atoms with Crippen molar-refractivity contribution in [3.8, 4) is 0 Å². The molecule has 1 aliphatic carbocycles. The van der Waals surface area contributed by atoms with Gasteiger partial charge in [-0.1, -0.05) is 0 Å². The van der Waals surface area contributed by atoms with Crippen LogP contribution in [0.15, 0.2) is 4.99 Å². The van der Waals surface area contributed by atoms with Gasteiger partial charge in [-0.25, -0.2) is 5.84 Å². The Labute approximate surface area is 109 Å². The fraction of sp³-hybridized carbons (Fsp3) is 0.917. The SMILES string of the molecule is COCCCN=C(NN)N1CCN(C2CC2)CC1. The quantitative estimate of drug-likeness (QED) is 0.230. The first kappa shape index (κ1) is 13.6.